The first-order chi connectivity index (χ1) is 14.1. The number of Topliss-reactive ketones (excluding diaryl/α,β-unsaturated/α-hetero) is 1. The molecule has 2 aromatic rings. The van der Waals surface area contributed by atoms with E-state index >= 15 is 0 Å². The summed E-state index contributed by atoms with van der Waals surface area (Å²) in [6.07, 6.45) is -9.63. The number of rotatable bonds is 5. The molecule has 0 aliphatic carbocycles. The molecule has 0 amide bonds. The van der Waals surface area contributed by atoms with E-state index in [4.69, 9.17) is 9.47 Å². The van der Waals surface area contributed by atoms with E-state index in [9.17, 15) is 31.1 Å². The second-order valence-electron chi connectivity index (χ2n) is 6.92. The number of hydrogen-bond donors (Lipinski definition) is 0. The van der Waals surface area contributed by atoms with Gasteiger partial charge in [0.15, 0.2) is 5.78 Å². The van der Waals surface area contributed by atoms with Crippen molar-refractivity contribution in [3.8, 4) is 0 Å². The SMILES string of the molecule is O=C(c1ccc(C(F)(F)F)cc1)C(CC1COCCO1)c1cccc(C(F)(F)F)c1. The highest BCUT2D eigenvalue weighted by molar-refractivity contribution is 6.01. The largest absolute Gasteiger partial charge is 0.416 e. The smallest absolute Gasteiger partial charge is 0.376 e. The lowest BCUT2D eigenvalue weighted by Crippen LogP contribution is -2.31. The number of carbonyl (C=O) groups excluding carboxylic acids is 1. The van der Waals surface area contributed by atoms with Gasteiger partial charge in [0.05, 0.1) is 37.1 Å². The fourth-order valence-electron chi connectivity index (χ4n) is 3.29. The minimum atomic E-state index is -4.59. The molecule has 0 bridgehead atoms. The average molecular weight is 432 g/mol. The molecular weight excluding hydrogens is 414 g/mol. The van der Waals surface area contributed by atoms with E-state index in [0.717, 1.165) is 36.4 Å². The van der Waals surface area contributed by atoms with Gasteiger partial charge in [-0.15, -0.1) is 0 Å². The van der Waals surface area contributed by atoms with Gasteiger partial charge in [-0.2, -0.15) is 26.3 Å². The predicted octanol–water partition coefficient (Wildman–Crippen LogP) is 5.50. The summed E-state index contributed by atoms with van der Waals surface area (Å²) in [5, 5.41) is 0. The second kappa shape index (κ2) is 8.77. The molecule has 0 radical (unpaired) electrons. The van der Waals surface area contributed by atoms with Crippen molar-refractivity contribution in [1.82, 2.24) is 0 Å². The summed E-state index contributed by atoms with van der Waals surface area (Å²) in [6.45, 7) is 0.835. The van der Waals surface area contributed by atoms with Crippen LogP contribution in [-0.2, 0) is 21.8 Å². The van der Waals surface area contributed by atoms with Gasteiger partial charge in [0.25, 0.3) is 0 Å². The molecule has 0 spiro atoms. The van der Waals surface area contributed by atoms with Crippen LogP contribution in [0.5, 0.6) is 0 Å². The van der Waals surface area contributed by atoms with Gasteiger partial charge in [0.2, 0.25) is 0 Å². The zero-order valence-electron chi connectivity index (χ0n) is 15.6. The molecule has 1 heterocycles. The van der Waals surface area contributed by atoms with Crippen molar-refractivity contribution in [2.75, 3.05) is 19.8 Å². The van der Waals surface area contributed by atoms with Crippen LogP contribution in [0.2, 0.25) is 0 Å². The van der Waals surface area contributed by atoms with Crippen LogP contribution in [0.25, 0.3) is 0 Å². The molecule has 3 rings (SSSR count). The normalized spacial score (nSPS) is 18.8. The molecule has 1 aliphatic heterocycles. The minimum Gasteiger partial charge on any atom is -0.376 e. The highest BCUT2D eigenvalue weighted by atomic mass is 19.4. The molecular formula is C21H18F6O3. The molecule has 2 unspecified atom stereocenters. The van der Waals surface area contributed by atoms with Crippen molar-refractivity contribution in [2.24, 2.45) is 0 Å². The summed E-state index contributed by atoms with van der Waals surface area (Å²) in [5.41, 5.74) is -1.74. The van der Waals surface area contributed by atoms with Crippen LogP contribution in [0.3, 0.4) is 0 Å². The van der Waals surface area contributed by atoms with Gasteiger partial charge in [0.1, 0.15) is 0 Å². The standard InChI is InChI=1S/C21H18F6O3/c22-20(23,24)15-6-4-13(5-7-15)19(28)18(11-17-12-29-8-9-30-17)14-2-1-3-16(10-14)21(25,26)27/h1-7,10,17-18H,8-9,11-12H2. The Balaban J connectivity index is 1.93. The van der Waals surface area contributed by atoms with E-state index in [0.29, 0.717) is 6.61 Å². The van der Waals surface area contributed by atoms with Gasteiger partial charge in [-0.1, -0.05) is 30.3 Å². The summed E-state index contributed by atoms with van der Waals surface area (Å²) in [7, 11) is 0. The first-order valence-electron chi connectivity index (χ1n) is 9.13. The van der Waals surface area contributed by atoms with Crippen LogP contribution in [-0.4, -0.2) is 31.7 Å². The van der Waals surface area contributed by atoms with Crippen LogP contribution in [0.15, 0.2) is 48.5 Å². The van der Waals surface area contributed by atoms with Crippen LogP contribution in [0, 0.1) is 0 Å². The number of benzene rings is 2. The Kier molecular flexibility index (Phi) is 6.52. The Labute approximate surface area is 168 Å². The Morgan fingerprint density at radius 2 is 1.60 bits per heavy atom. The maximum Gasteiger partial charge on any atom is 0.416 e. The third-order valence-corrected chi connectivity index (χ3v) is 4.81. The number of ketones is 1. The van der Waals surface area contributed by atoms with Gasteiger partial charge >= 0.3 is 12.4 Å². The Bertz CT molecular complexity index is 868. The van der Waals surface area contributed by atoms with E-state index in [1.807, 2.05) is 0 Å². The molecule has 2 atom stereocenters. The molecule has 0 N–H and O–H groups in total. The number of halogens is 6. The number of alkyl halides is 6. The highest BCUT2D eigenvalue weighted by Gasteiger charge is 2.34. The Morgan fingerprint density at radius 3 is 2.17 bits per heavy atom. The summed E-state index contributed by atoms with van der Waals surface area (Å²) in [6, 6.07) is 7.98. The molecule has 30 heavy (non-hydrogen) atoms. The number of ether oxygens (including phenoxy) is 2. The fourth-order valence-corrected chi connectivity index (χ4v) is 3.29. The van der Waals surface area contributed by atoms with Crippen LogP contribution in [0.1, 0.15) is 39.4 Å². The first kappa shape index (κ1) is 22.3. The lowest BCUT2D eigenvalue weighted by molar-refractivity contribution is -0.138. The Hall–Kier alpha value is -2.39. The van der Waals surface area contributed by atoms with E-state index in [-0.39, 0.29) is 30.8 Å². The number of hydrogen-bond acceptors (Lipinski definition) is 3. The molecule has 0 aromatic heterocycles. The van der Waals surface area contributed by atoms with Crippen molar-refractivity contribution >= 4 is 5.78 Å². The van der Waals surface area contributed by atoms with E-state index in [1.165, 1.54) is 12.1 Å². The third-order valence-electron chi connectivity index (χ3n) is 4.81. The van der Waals surface area contributed by atoms with Gasteiger partial charge in [-0.05, 0) is 30.2 Å². The molecule has 1 saturated heterocycles. The topological polar surface area (TPSA) is 35.5 Å². The molecule has 1 fully saturated rings. The maximum absolute atomic E-state index is 13.1. The van der Waals surface area contributed by atoms with Crippen molar-refractivity contribution in [3.63, 3.8) is 0 Å². The van der Waals surface area contributed by atoms with Crippen LogP contribution in [0.4, 0.5) is 26.3 Å². The lowest BCUT2D eigenvalue weighted by atomic mass is 9.85. The van der Waals surface area contributed by atoms with Gasteiger partial charge in [0, 0.05) is 11.5 Å². The molecule has 1 aliphatic rings. The molecule has 0 saturated carbocycles. The molecule has 9 heteroatoms. The van der Waals surface area contributed by atoms with Crippen molar-refractivity contribution in [1.29, 1.82) is 0 Å². The van der Waals surface area contributed by atoms with Crippen LogP contribution >= 0.6 is 0 Å². The first-order valence-corrected chi connectivity index (χ1v) is 9.13. The Morgan fingerprint density at radius 1 is 0.933 bits per heavy atom. The zero-order valence-corrected chi connectivity index (χ0v) is 15.6. The van der Waals surface area contributed by atoms with Crippen molar-refractivity contribution < 1.29 is 40.6 Å². The maximum atomic E-state index is 13.1. The molecule has 162 valence electrons. The van der Waals surface area contributed by atoms with E-state index < -0.39 is 41.3 Å². The molecule has 3 nitrogen and oxygen atoms in total. The fraction of sp³-hybridized carbons (Fsp3) is 0.381. The van der Waals surface area contributed by atoms with Crippen molar-refractivity contribution in [2.45, 2.75) is 30.8 Å². The zero-order chi connectivity index (χ0) is 21.9. The van der Waals surface area contributed by atoms with Gasteiger partial charge in [-0.3, -0.25) is 4.79 Å². The third kappa shape index (κ3) is 5.40. The molecule has 2 aromatic carbocycles. The van der Waals surface area contributed by atoms with Gasteiger partial charge < -0.3 is 9.47 Å². The monoisotopic (exact) mass is 432 g/mol. The van der Waals surface area contributed by atoms with Crippen molar-refractivity contribution in [3.05, 3.63) is 70.8 Å². The summed E-state index contributed by atoms with van der Waals surface area (Å²) in [4.78, 5) is 13.1. The average Bonchev–Trinajstić information content (AvgIpc) is 2.71. The lowest BCUT2D eigenvalue weighted by Gasteiger charge is -2.27. The van der Waals surface area contributed by atoms with E-state index in [1.54, 1.807) is 0 Å². The quantitative estimate of drug-likeness (QED) is 0.463. The number of carbonyl (C=O) groups is 1. The summed E-state index contributed by atoms with van der Waals surface area (Å²) in [5.74, 6) is -1.62. The summed E-state index contributed by atoms with van der Waals surface area (Å²) >= 11 is 0. The van der Waals surface area contributed by atoms with Gasteiger partial charge in [-0.25, -0.2) is 0 Å². The minimum absolute atomic E-state index is 0.0258. The summed E-state index contributed by atoms with van der Waals surface area (Å²) < 4.78 is 88.6. The highest BCUT2D eigenvalue weighted by Crippen LogP contribution is 2.35. The predicted molar refractivity (Wildman–Crippen MR) is 95.1 cm³/mol. The second-order valence-corrected chi connectivity index (χ2v) is 6.92. The van der Waals surface area contributed by atoms with Crippen LogP contribution < -0.4 is 0 Å². The van der Waals surface area contributed by atoms with E-state index in [2.05, 4.69) is 0 Å².